The lowest BCUT2D eigenvalue weighted by Crippen LogP contribution is -2.57. The molecule has 0 aliphatic carbocycles. The molecular formula is C28H33N5O6. The first-order valence-corrected chi connectivity index (χ1v) is 12.9. The number of carboxylic acid groups (broad SMARTS) is 1. The molecule has 1 aliphatic heterocycles. The number of amides is 3. The van der Waals surface area contributed by atoms with Gasteiger partial charge in [0.05, 0.1) is 6.04 Å². The van der Waals surface area contributed by atoms with Gasteiger partial charge < -0.3 is 36.5 Å². The maximum absolute atomic E-state index is 13.4. The van der Waals surface area contributed by atoms with Crippen molar-refractivity contribution in [3.05, 3.63) is 65.9 Å². The Morgan fingerprint density at radius 3 is 2.49 bits per heavy atom. The Morgan fingerprint density at radius 2 is 1.77 bits per heavy atom. The lowest BCUT2D eigenvalue weighted by Gasteiger charge is -2.28. The van der Waals surface area contributed by atoms with Gasteiger partial charge in [-0.25, -0.2) is 4.79 Å². The summed E-state index contributed by atoms with van der Waals surface area (Å²) in [7, 11) is 0. The van der Waals surface area contributed by atoms with Gasteiger partial charge in [-0.05, 0) is 55.5 Å². The average Bonchev–Trinajstić information content (AvgIpc) is 3.57. The molecule has 4 unspecified atom stereocenters. The summed E-state index contributed by atoms with van der Waals surface area (Å²) in [4.78, 5) is 55.4. The molecule has 3 aromatic rings. The van der Waals surface area contributed by atoms with Crippen LogP contribution in [-0.4, -0.2) is 74.5 Å². The minimum absolute atomic E-state index is 0.0523. The maximum Gasteiger partial charge on any atom is 0.326 e. The number of hydrogen-bond donors (Lipinski definition) is 6. The number of likely N-dealkylation sites (tertiary alicyclic amines) is 1. The number of aliphatic carboxylic acids is 1. The van der Waals surface area contributed by atoms with E-state index in [0.717, 1.165) is 16.5 Å². The molecule has 0 spiro atoms. The number of nitrogens with two attached hydrogens (primary N) is 1. The molecule has 3 amide bonds. The number of aromatic hydroxyl groups is 1. The molecule has 0 saturated carbocycles. The second kappa shape index (κ2) is 12.0. The molecular weight excluding hydrogens is 502 g/mol. The van der Waals surface area contributed by atoms with Crippen molar-refractivity contribution in [1.29, 1.82) is 0 Å². The van der Waals surface area contributed by atoms with Crippen molar-refractivity contribution in [3.8, 4) is 5.75 Å². The van der Waals surface area contributed by atoms with E-state index in [1.54, 1.807) is 18.3 Å². The first kappa shape index (κ1) is 27.6. The van der Waals surface area contributed by atoms with Crippen LogP contribution >= 0.6 is 0 Å². The third-order valence-corrected chi connectivity index (χ3v) is 7.02. The van der Waals surface area contributed by atoms with Gasteiger partial charge in [0.1, 0.15) is 23.9 Å². The molecule has 11 heteroatoms. The van der Waals surface area contributed by atoms with E-state index in [1.165, 1.54) is 24.0 Å². The fraction of sp³-hybridized carbons (Fsp3) is 0.357. The molecule has 7 N–H and O–H groups in total. The van der Waals surface area contributed by atoms with Crippen molar-refractivity contribution >= 4 is 34.6 Å². The van der Waals surface area contributed by atoms with Crippen LogP contribution in [0.2, 0.25) is 0 Å². The molecule has 1 fully saturated rings. The van der Waals surface area contributed by atoms with Crippen LogP contribution in [0.1, 0.15) is 30.9 Å². The molecule has 2 heterocycles. The lowest BCUT2D eigenvalue weighted by atomic mass is 10.0. The summed E-state index contributed by atoms with van der Waals surface area (Å²) < 4.78 is 0. The fourth-order valence-corrected chi connectivity index (χ4v) is 4.87. The van der Waals surface area contributed by atoms with Crippen LogP contribution < -0.4 is 16.4 Å². The molecule has 0 bridgehead atoms. The van der Waals surface area contributed by atoms with E-state index in [9.17, 15) is 29.4 Å². The van der Waals surface area contributed by atoms with Gasteiger partial charge in [-0.2, -0.15) is 0 Å². The Labute approximate surface area is 225 Å². The molecule has 1 aliphatic rings. The highest BCUT2D eigenvalue weighted by Crippen LogP contribution is 2.21. The van der Waals surface area contributed by atoms with Gasteiger partial charge >= 0.3 is 5.97 Å². The van der Waals surface area contributed by atoms with E-state index in [2.05, 4.69) is 15.6 Å². The van der Waals surface area contributed by atoms with E-state index in [-0.39, 0.29) is 25.1 Å². The van der Waals surface area contributed by atoms with E-state index >= 15 is 0 Å². The van der Waals surface area contributed by atoms with Crippen LogP contribution in [0.25, 0.3) is 10.9 Å². The molecule has 206 valence electrons. The average molecular weight is 536 g/mol. The topological polar surface area (TPSA) is 178 Å². The Bertz CT molecular complexity index is 1350. The van der Waals surface area contributed by atoms with Crippen molar-refractivity contribution < 1.29 is 29.4 Å². The van der Waals surface area contributed by atoms with E-state index < -0.39 is 47.9 Å². The molecule has 0 radical (unpaired) electrons. The molecule has 11 nitrogen and oxygen atoms in total. The SMILES string of the molecule is CC(NC(=O)C(N)Cc1c[nH]c2ccccc12)C(=O)NC(Cc1ccc(O)cc1)C(=O)N1CCCC1C(=O)O. The number of phenols is 1. The summed E-state index contributed by atoms with van der Waals surface area (Å²) in [6.45, 7) is 1.76. The van der Waals surface area contributed by atoms with Gasteiger partial charge in [-0.1, -0.05) is 30.3 Å². The Morgan fingerprint density at radius 1 is 1.05 bits per heavy atom. The number of H-pyrrole nitrogens is 1. The summed E-state index contributed by atoms with van der Waals surface area (Å²) in [5.41, 5.74) is 8.61. The minimum atomic E-state index is -1.10. The van der Waals surface area contributed by atoms with Crippen molar-refractivity contribution in [2.75, 3.05) is 6.54 Å². The van der Waals surface area contributed by atoms with Gasteiger partial charge in [0.2, 0.25) is 17.7 Å². The van der Waals surface area contributed by atoms with Gasteiger partial charge in [0, 0.05) is 30.1 Å². The first-order chi connectivity index (χ1) is 18.6. The number of rotatable bonds is 10. The highest BCUT2D eigenvalue weighted by atomic mass is 16.4. The summed E-state index contributed by atoms with van der Waals surface area (Å²) in [5, 5.41) is 25.4. The van der Waals surface area contributed by atoms with Crippen molar-refractivity contribution in [3.63, 3.8) is 0 Å². The standard InChI is InChI=1S/C28H33N5O6/c1-16(31-26(36)21(29)14-18-15-30-22-6-3-2-5-20(18)22)25(35)32-23(13-17-8-10-19(34)11-9-17)27(37)33-12-4-7-24(33)28(38)39/h2-3,5-6,8-11,15-16,21,23-24,30,34H,4,7,12-14,29H2,1H3,(H,31,36)(H,32,35)(H,38,39). The van der Waals surface area contributed by atoms with E-state index in [4.69, 9.17) is 5.73 Å². The number of carbonyl (C=O) groups excluding carboxylic acids is 3. The number of nitrogens with zero attached hydrogens (tertiary/aromatic N) is 1. The fourth-order valence-electron chi connectivity index (χ4n) is 4.87. The second-order valence-electron chi connectivity index (χ2n) is 9.86. The smallest absolute Gasteiger partial charge is 0.326 e. The third kappa shape index (κ3) is 6.55. The molecule has 4 atom stereocenters. The lowest BCUT2D eigenvalue weighted by molar-refractivity contribution is -0.149. The molecule has 1 aromatic heterocycles. The van der Waals surface area contributed by atoms with Crippen molar-refractivity contribution in [2.24, 2.45) is 5.73 Å². The normalized spacial score (nSPS) is 17.4. The number of carboxylic acids is 1. The summed E-state index contributed by atoms with van der Waals surface area (Å²) in [6.07, 6.45) is 3.02. The largest absolute Gasteiger partial charge is 0.508 e. The van der Waals surface area contributed by atoms with Crippen LogP contribution in [-0.2, 0) is 32.0 Å². The summed E-state index contributed by atoms with van der Waals surface area (Å²) >= 11 is 0. The van der Waals surface area contributed by atoms with Gasteiger partial charge in [0.15, 0.2) is 0 Å². The van der Waals surface area contributed by atoms with Crippen LogP contribution in [0.5, 0.6) is 5.75 Å². The van der Waals surface area contributed by atoms with Gasteiger partial charge in [-0.15, -0.1) is 0 Å². The molecule has 2 aromatic carbocycles. The van der Waals surface area contributed by atoms with Crippen LogP contribution in [0.15, 0.2) is 54.7 Å². The zero-order chi connectivity index (χ0) is 28.1. The van der Waals surface area contributed by atoms with Crippen LogP contribution in [0.3, 0.4) is 0 Å². The quantitative estimate of drug-likeness (QED) is 0.225. The highest BCUT2D eigenvalue weighted by molar-refractivity contribution is 5.94. The zero-order valence-electron chi connectivity index (χ0n) is 21.6. The highest BCUT2D eigenvalue weighted by Gasteiger charge is 2.38. The van der Waals surface area contributed by atoms with Gasteiger partial charge in [0.25, 0.3) is 0 Å². The Hall–Kier alpha value is -4.38. The van der Waals surface area contributed by atoms with Crippen molar-refractivity contribution in [1.82, 2.24) is 20.5 Å². The summed E-state index contributed by atoms with van der Waals surface area (Å²) in [5.74, 6) is -2.69. The number of hydrogen-bond acceptors (Lipinski definition) is 6. The number of fused-ring (bicyclic) bond motifs is 1. The predicted octanol–water partition coefficient (Wildman–Crippen LogP) is 1.05. The minimum Gasteiger partial charge on any atom is -0.508 e. The van der Waals surface area contributed by atoms with Crippen LogP contribution in [0, 0.1) is 0 Å². The number of aromatic nitrogens is 1. The maximum atomic E-state index is 13.4. The Balaban J connectivity index is 1.42. The Kier molecular flexibility index (Phi) is 8.50. The number of carbonyl (C=O) groups is 4. The zero-order valence-corrected chi connectivity index (χ0v) is 21.6. The van der Waals surface area contributed by atoms with Crippen LogP contribution in [0.4, 0.5) is 0 Å². The van der Waals surface area contributed by atoms with Crippen molar-refractivity contribution in [2.45, 2.75) is 56.8 Å². The number of phenolic OH excluding ortho intramolecular Hbond substituents is 1. The van der Waals surface area contributed by atoms with Gasteiger partial charge in [-0.3, -0.25) is 14.4 Å². The van der Waals surface area contributed by atoms with E-state index in [0.29, 0.717) is 18.4 Å². The molecule has 1 saturated heterocycles. The first-order valence-electron chi connectivity index (χ1n) is 12.9. The van der Waals surface area contributed by atoms with E-state index in [1.807, 2.05) is 24.3 Å². The number of nitrogens with one attached hydrogen (secondary N) is 3. The number of aromatic amines is 1. The number of para-hydroxylation sites is 1. The monoisotopic (exact) mass is 535 g/mol. The predicted molar refractivity (Wildman–Crippen MR) is 144 cm³/mol. The number of benzene rings is 2. The third-order valence-electron chi connectivity index (χ3n) is 7.02. The summed E-state index contributed by atoms with van der Waals surface area (Å²) in [6, 6.07) is 9.89. The molecule has 39 heavy (non-hydrogen) atoms. The molecule has 4 rings (SSSR count). The second-order valence-corrected chi connectivity index (χ2v) is 9.86.